The standard InChI is InChI=1S/C42H35N/c1-3-43-38-23-11-10-20-33(38)34-25-24-32(27-39(34)43)28(2)40(30-16-8-5-9-17-30)42-36-22-13-19-31-18-12-21-35(41(31)36)37(42)26-29-14-6-4-7-15-29/h4-25,27-28,40H,3,26H2,1-2H3. The molecular formula is C42H35N. The molecule has 2 atom stereocenters. The molecule has 1 aromatic heterocycles. The topological polar surface area (TPSA) is 4.93 Å². The fourth-order valence-corrected chi connectivity index (χ4v) is 7.72. The molecule has 0 saturated carbocycles. The summed E-state index contributed by atoms with van der Waals surface area (Å²) in [6.45, 7) is 5.65. The highest BCUT2D eigenvalue weighted by atomic mass is 15.0. The number of fused-ring (bicyclic) bond motifs is 3. The van der Waals surface area contributed by atoms with Gasteiger partial charge in [0.2, 0.25) is 0 Å². The molecule has 1 aliphatic carbocycles. The molecule has 1 nitrogen and oxygen atoms in total. The van der Waals surface area contributed by atoms with Crippen LogP contribution in [0, 0.1) is 0 Å². The Morgan fingerprint density at radius 3 is 2.02 bits per heavy atom. The second-order valence-electron chi connectivity index (χ2n) is 12.0. The van der Waals surface area contributed by atoms with E-state index in [1.54, 1.807) is 0 Å². The van der Waals surface area contributed by atoms with Crippen LogP contribution in [-0.2, 0) is 13.0 Å². The number of aromatic nitrogens is 1. The Balaban J connectivity index is 1.37. The molecule has 0 amide bonds. The lowest BCUT2D eigenvalue weighted by Gasteiger charge is -2.29. The van der Waals surface area contributed by atoms with Crippen LogP contribution >= 0.6 is 0 Å². The largest absolute Gasteiger partial charge is 0.341 e. The summed E-state index contributed by atoms with van der Waals surface area (Å²) in [6, 6.07) is 51.9. The molecule has 1 heterocycles. The van der Waals surface area contributed by atoms with Crippen LogP contribution in [0.5, 0.6) is 0 Å². The van der Waals surface area contributed by atoms with Crippen molar-refractivity contribution < 1.29 is 0 Å². The highest BCUT2D eigenvalue weighted by Gasteiger charge is 2.34. The minimum atomic E-state index is 0.204. The number of allylic oxidation sites excluding steroid dienone is 2. The van der Waals surface area contributed by atoms with Gasteiger partial charge in [-0.25, -0.2) is 0 Å². The van der Waals surface area contributed by atoms with Gasteiger partial charge in [-0.15, -0.1) is 0 Å². The zero-order valence-electron chi connectivity index (χ0n) is 24.8. The van der Waals surface area contributed by atoms with Gasteiger partial charge in [0.15, 0.2) is 0 Å². The quantitative estimate of drug-likeness (QED) is 0.185. The first-order valence-corrected chi connectivity index (χ1v) is 15.6. The third-order valence-electron chi connectivity index (χ3n) is 9.68. The second kappa shape index (κ2) is 10.4. The van der Waals surface area contributed by atoms with Crippen molar-refractivity contribution in [1.29, 1.82) is 0 Å². The molecule has 0 bridgehead atoms. The second-order valence-corrected chi connectivity index (χ2v) is 12.0. The van der Waals surface area contributed by atoms with Gasteiger partial charge < -0.3 is 4.57 Å². The van der Waals surface area contributed by atoms with E-state index < -0.39 is 0 Å². The first-order chi connectivity index (χ1) is 21.2. The minimum Gasteiger partial charge on any atom is -0.341 e. The normalized spacial score (nSPS) is 14.2. The number of nitrogens with zero attached hydrogens (tertiary/aromatic N) is 1. The molecule has 0 fully saturated rings. The van der Waals surface area contributed by atoms with Crippen LogP contribution in [0.3, 0.4) is 0 Å². The molecule has 0 spiro atoms. The molecule has 8 rings (SSSR count). The molecule has 0 saturated heterocycles. The van der Waals surface area contributed by atoms with E-state index in [4.69, 9.17) is 0 Å². The lowest BCUT2D eigenvalue weighted by Crippen LogP contribution is -2.12. The summed E-state index contributed by atoms with van der Waals surface area (Å²) in [5.41, 5.74) is 12.5. The molecule has 7 aromatic rings. The van der Waals surface area contributed by atoms with Gasteiger partial charge in [-0.05, 0) is 81.1 Å². The van der Waals surface area contributed by atoms with Crippen LogP contribution in [-0.4, -0.2) is 4.57 Å². The Morgan fingerprint density at radius 2 is 1.26 bits per heavy atom. The zero-order chi connectivity index (χ0) is 28.9. The molecule has 1 heteroatoms. The molecule has 0 radical (unpaired) electrons. The molecule has 0 aliphatic heterocycles. The predicted molar refractivity (Wildman–Crippen MR) is 184 cm³/mol. The maximum Gasteiger partial charge on any atom is 0.0494 e. The fourth-order valence-electron chi connectivity index (χ4n) is 7.72. The lowest BCUT2D eigenvalue weighted by molar-refractivity contribution is 0.691. The van der Waals surface area contributed by atoms with Crippen LogP contribution in [0.15, 0.2) is 140 Å². The molecular weight excluding hydrogens is 518 g/mol. The van der Waals surface area contributed by atoms with Crippen LogP contribution < -0.4 is 0 Å². The Kier molecular flexibility index (Phi) is 6.26. The third kappa shape index (κ3) is 4.14. The van der Waals surface area contributed by atoms with Crippen molar-refractivity contribution in [2.75, 3.05) is 0 Å². The first-order valence-electron chi connectivity index (χ1n) is 15.6. The highest BCUT2D eigenvalue weighted by molar-refractivity contribution is 6.15. The van der Waals surface area contributed by atoms with E-state index in [2.05, 4.69) is 158 Å². The van der Waals surface area contributed by atoms with Gasteiger partial charge in [-0.3, -0.25) is 0 Å². The molecule has 0 N–H and O–H groups in total. The summed E-state index contributed by atoms with van der Waals surface area (Å²) < 4.78 is 2.48. The summed E-state index contributed by atoms with van der Waals surface area (Å²) in [6.07, 6.45) is 0.920. The molecule has 208 valence electrons. The summed E-state index contributed by atoms with van der Waals surface area (Å²) >= 11 is 0. The van der Waals surface area contributed by atoms with Gasteiger partial charge in [0.25, 0.3) is 0 Å². The number of hydrogen-bond donors (Lipinski definition) is 0. The Labute approximate surface area is 253 Å². The smallest absolute Gasteiger partial charge is 0.0494 e. The minimum absolute atomic E-state index is 0.204. The van der Waals surface area contributed by atoms with E-state index in [1.165, 1.54) is 71.5 Å². The van der Waals surface area contributed by atoms with Crippen molar-refractivity contribution in [1.82, 2.24) is 4.57 Å². The Morgan fingerprint density at radius 1 is 0.581 bits per heavy atom. The Bertz CT molecular complexity index is 2140. The van der Waals surface area contributed by atoms with Crippen molar-refractivity contribution in [3.05, 3.63) is 167 Å². The van der Waals surface area contributed by atoms with Gasteiger partial charge in [0.1, 0.15) is 0 Å². The number of aryl methyl sites for hydroxylation is 1. The van der Waals surface area contributed by atoms with Crippen LogP contribution in [0.1, 0.15) is 53.5 Å². The molecule has 6 aromatic carbocycles. The van der Waals surface area contributed by atoms with Crippen molar-refractivity contribution in [3.63, 3.8) is 0 Å². The predicted octanol–water partition coefficient (Wildman–Crippen LogP) is 11.0. The number of benzene rings is 6. The van der Waals surface area contributed by atoms with E-state index in [1.807, 2.05) is 0 Å². The monoisotopic (exact) mass is 553 g/mol. The van der Waals surface area contributed by atoms with Crippen molar-refractivity contribution in [2.24, 2.45) is 0 Å². The number of hydrogen-bond acceptors (Lipinski definition) is 0. The van der Waals surface area contributed by atoms with Gasteiger partial charge in [-0.2, -0.15) is 0 Å². The van der Waals surface area contributed by atoms with Gasteiger partial charge in [0, 0.05) is 34.3 Å². The van der Waals surface area contributed by atoms with Crippen molar-refractivity contribution >= 4 is 43.7 Å². The first kappa shape index (κ1) is 25.8. The number of para-hydroxylation sites is 1. The number of rotatable bonds is 7. The van der Waals surface area contributed by atoms with Gasteiger partial charge >= 0.3 is 0 Å². The molecule has 1 aliphatic rings. The molecule has 2 unspecified atom stereocenters. The summed E-state index contributed by atoms with van der Waals surface area (Å²) in [7, 11) is 0. The summed E-state index contributed by atoms with van der Waals surface area (Å²) in [5, 5.41) is 5.40. The van der Waals surface area contributed by atoms with Gasteiger partial charge in [0.05, 0.1) is 0 Å². The Hall–Kier alpha value is -4.88. The van der Waals surface area contributed by atoms with E-state index in [0.29, 0.717) is 0 Å². The highest BCUT2D eigenvalue weighted by Crippen LogP contribution is 2.53. The van der Waals surface area contributed by atoms with Crippen molar-refractivity contribution in [2.45, 2.75) is 38.6 Å². The third-order valence-corrected chi connectivity index (χ3v) is 9.68. The maximum atomic E-state index is 2.48. The van der Waals surface area contributed by atoms with E-state index in [9.17, 15) is 0 Å². The summed E-state index contributed by atoms with van der Waals surface area (Å²) in [4.78, 5) is 0. The molecule has 43 heavy (non-hydrogen) atoms. The van der Waals surface area contributed by atoms with E-state index in [0.717, 1.165) is 13.0 Å². The zero-order valence-corrected chi connectivity index (χ0v) is 24.8. The van der Waals surface area contributed by atoms with Crippen molar-refractivity contribution in [3.8, 4) is 0 Å². The SMILES string of the molecule is CCn1c2ccccc2c2ccc(C(C)C(C3=C(Cc4ccccc4)c4cccc5cccc3c45)c3ccccc3)cc21. The van der Waals surface area contributed by atoms with E-state index >= 15 is 0 Å². The van der Waals surface area contributed by atoms with E-state index in [-0.39, 0.29) is 11.8 Å². The average Bonchev–Trinajstić information content (AvgIpc) is 3.55. The fraction of sp³-hybridized carbons (Fsp3) is 0.143. The lowest BCUT2D eigenvalue weighted by atomic mass is 9.74. The summed E-state index contributed by atoms with van der Waals surface area (Å²) in [5.74, 6) is 0.468. The average molecular weight is 554 g/mol. The van der Waals surface area contributed by atoms with Crippen LogP contribution in [0.2, 0.25) is 0 Å². The van der Waals surface area contributed by atoms with Crippen LogP contribution in [0.4, 0.5) is 0 Å². The maximum absolute atomic E-state index is 2.48. The van der Waals surface area contributed by atoms with Gasteiger partial charge in [-0.1, -0.05) is 134 Å². The van der Waals surface area contributed by atoms with Crippen LogP contribution in [0.25, 0.3) is 43.7 Å².